The van der Waals surface area contributed by atoms with Crippen LogP contribution in [0.25, 0.3) is 17.4 Å². The Morgan fingerprint density at radius 2 is 2.08 bits per heavy atom. The zero-order valence-corrected chi connectivity index (χ0v) is 15.3. The number of hydrogen-bond donors (Lipinski definition) is 1. The van der Waals surface area contributed by atoms with Crippen LogP contribution in [0.3, 0.4) is 0 Å². The van der Waals surface area contributed by atoms with Gasteiger partial charge in [0.2, 0.25) is 0 Å². The standard InChI is InChI=1S/C17H12ClNO4S2/c1-9(16(21)22)19-15(20)14(25-17(19)24)8-10-6-7-13(23-10)11-4-2-3-5-12(11)18/h2-9H,1H3,(H,21,22)/b14-8-/t9-/m0/s1. The lowest BCUT2D eigenvalue weighted by atomic mass is 10.2. The quantitative estimate of drug-likeness (QED) is 0.617. The molecule has 25 heavy (non-hydrogen) atoms. The first-order valence-corrected chi connectivity index (χ1v) is 8.83. The number of amides is 1. The molecule has 0 saturated carbocycles. The van der Waals surface area contributed by atoms with Gasteiger partial charge in [-0.25, -0.2) is 4.79 Å². The molecule has 3 rings (SSSR count). The minimum atomic E-state index is -1.11. The minimum absolute atomic E-state index is 0.212. The maximum absolute atomic E-state index is 12.4. The fourth-order valence-corrected chi connectivity index (χ4v) is 3.92. The normalized spacial score (nSPS) is 17.4. The van der Waals surface area contributed by atoms with Crippen molar-refractivity contribution in [3.8, 4) is 11.3 Å². The van der Waals surface area contributed by atoms with Gasteiger partial charge in [-0.2, -0.15) is 0 Å². The van der Waals surface area contributed by atoms with E-state index in [1.165, 1.54) is 6.92 Å². The van der Waals surface area contributed by atoms with Crippen LogP contribution in [0.4, 0.5) is 0 Å². The molecular weight excluding hydrogens is 382 g/mol. The van der Waals surface area contributed by atoms with Crippen molar-refractivity contribution in [2.75, 3.05) is 0 Å². The summed E-state index contributed by atoms with van der Waals surface area (Å²) in [5.41, 5.74) is 0.746. The second kappa shape index (κ2) is 7.03. The summed E-state index contributed by atoms with van der Waals surface area (Å²) in [4.78, 5) is 24.9. The number of carbonyl (C=O) groups is 2. The summed E-state index contributed by atoms with van der Waals surface area (Å²) in [6, 6.07) is 9.72. The number of aliphatic carboxylic acids is 1. The molecule has 1 aromatic heterocycles. The molecule has 1 atom stereocenters. The van der Waals surface area contributed by atoms with Crippen molar-refractivity contribution in [2.24, 2.45) is 0 Å². The number of furan rings is 1. The smallest absolute Gasteiger partial charge is 0.326 e. The molecule has 5 nitrogen and oxygen atoms in total. The predicted molar refractivity (Wildman–Crippen MR) is 101 cm³/mol. The van der Waals surface area contributed by atoms with E-state index in [1.54, 1.807) is 24.3 Å². The molecule has 1 saturated heterocycles. The highest BCUT2D eigenvalue weighted by Gasteiger charge is 2.38. The zero-order chi connectivity index (χ0) is 18.1. The number of halogens is 1. The van der Waals surface area contributed by atoms with E-state index in [9.17, 15) is 9.59 Å². The Morgan fingerprint density at radius 1 is 1.36 bits per heavy atom. The van der Waals surface area contributed by atoms with E-state index in [1.807, 2.05) is 18.2 Å². The number of rotatable bonds is 4. The molecule has 2 aromatic rings. The fraction of sp³-hybridized carbons (Fsp3) is 0.118. The van der Waals surface area contributed by atoms with Crippen LogP contribution in [-0.2, 0) is 9.59 Å². The maximum atomic E-state index is 12.4. The van der Waals surface area contributed by atoms with E-state index >= 15 is 0 Å². The Morgan fingerprint density at radius 3 is 2.76 bits per heavy atom. The Balaban J connectivity index is 1.88. The number of carboxylic acid groups (broad SMARTS) is 1. The van der Waals surface area contributed by atoms with E-state index < -0.39 is 17.9 Å². The SMILES string of the molecule is C[C@@H](C(=O)O)N1C(=O)/C(=C/c2ccc(-c3ccccc3Cl)o2)SC1=S. The lowest BCUT2D eigenvalue weighted by Gasteiger charge is -2.18. The average molecular weight is 394 g/mol. The van der Waals surface area contributed by atoms with Gasteiger partial charge in [-0.15, -0.1) is 0 Å². The van der Waals surface area contributed by atoms with Gasteiger partial charge < -0.3 is 9.52 Å². The molecule has 1 aliphatic rings. The van der Waals surface area contributed by atoms with Crippen molar-refractivity contribution < 1.29 is 19.1 Å². The van der Waals surface area contributed by atoms with Crippen LogP contribution in [0.5, 0.6) is 0 Å². The van der Waals surface area contributed by atoms with Gasteiger partial charge in [0.15, 0.2) is 0 Å². The molecule has 1 fully saturated rings. The second-order valence-electron chi connectivity index (χ2n) is 5.25. The molecule has 2 heterocycles. The van der Waals surface area contributed by atoms with E-state index in [2.05, 4.69) is 0 Å². The molecule has 1 N–H and O–H groups in total. The summed E-state index contributed by atoms with van der Waals surface area (Å²) < 4.78 is 5.95. The number of benzene rings is 1. The summed E-state index contributed by atoms with van der Waals surface area (Å²) >= 11 is 12.3. The average Bonchev–Trinajstić information content (AvgIpc) is 3.13. The van der Waals surface area contributed by atoms with E-state index in [0.29, 0.717) is 21.4 Å². The van der Waals surface area contributed by atoms with Crippen molar-refractivity contribution in [3.05, 3.63) is 52.1 Å². The van der Waals surface area contributed by atoms with Gasteiger partial charge in [0.05, 0.1) is 9.93 Å². The predicted octanol–water partition coefficient (Wildman–Crippen LogP) is 4.27. The summed E-state index contributed by atoms with van der Waals surface area (Å²) in [6.07, 6.45) is 1.55. The van der Waals surface area contributed by atoms with Crippen LogP contribution in [0.15, 0.2) is 45.7 Å². The molecule has 0 aliphatic carbocycles. The maximum Gasteiger partial charge on any atom is 0.326 e. The topological polar surface area (TPSA) is 70.8 Å². The molecule has 128 valence electrons. The highest BCUT2D eigenvalue weighted by atomic mass is 35.5. The highest BCUT2D eigenvalue weighted by Crippen LogP contribution is 2.35. The molecule has 1 aliphatic heterocycles. The molecule has 0 bridgehead atoms. The minimum Gasteiger partial charge on any atom is -0.480 e. The number of thiocarbonyl (C=S) groups is 1. The molecule has 0 unspecified atom stereocenters. The summed E-state index contributed by atoms with van der Waals surface area (Å²) in [5, 5.41) is 9.66. The van der Waals surface area contributed by atoms with Crippen LogP contribution < -0.4 is 0 Å². The third-order valence-electron chi connectivity index (χ3n) is 3.61. The largest absolute Gasteiger partial charge is 0.480 e. The van der Waals surface area contributed by atoms with Crippen molar-refractivity contribution in [1.29, 1.82) is 0 Å². The molecular formula is C17H12ClNO4S2. The zero-order valence-electron chi connectivity index (χ0n) is 12.9. The van der Waals surface area contributed by atoms with Crippen molar-refractivity contribution in [1.82, 2.24) is 4.90 Å². The van der Waals surface area contributed by atoms with Crippen LogP contribution >= 0.6 is 35.6 Å². The van der Waals surface area contributed by atoms with Gasteiger partial charge in [0.1, 0.15) is 21.9 Å². The van der Waals surface area contributed by atoms with Crippen LogP contribution in [0.2, 0.25) is 5.02 Å². The first kappa shape index (κ1) is 17.7. The van der Waals surface area contributed by atoms with Gasteiger partial charge in [0, 0.05) is 11.6 Å². The Hall–Kier alpha value is -2.09. The number of hydrogen-bond acceptors (Lipinski definition) is 5. The number of carboxylic acids is 1. The van der Waals surface area contributed by atoms with Crippen molar-refractivity contribution in [2.45, 2.75) is 13.0 Å². The van der Waals surface area contributed by atoms with E-state index in [0.717, 1.165) is 22.2 Å². The van der Waals surface area contributed by atoms with Crippen LogP contribution in [-0.4, -0.2) is 32.2 Å². The fourth-order valence-electron chi connectivity index (χ4n) is 2.29. The van der Waals surface area contributed by atoms with Gasteiger partial charge in [-0.05, 0) is 31.2 Å². The lowest BCUT2D eigenvalue weighted by molar-refractivity contribution is -0.144. The molecule has 1 amide bonds. The number of nitrogens with zero attached hydrogens (tertiary/aromatic N) is 1. The second-order valence-corrected chi connectivity index (χ2v) is 7.33. The van der Waals surface area contributed by atoms with Crippen LogP contribution in [0, 0.1) is 0 Å². The molecule has 8 heteroatoms. The van der Waals surface area contributed by atoms with Gasteiger partial charge in [-0.3, -0.25) is 9.69 Å². The third kappa shape index (κ3) is 3.49. The van der Waals surface area contributed by atoms with E-state index in [-0.39, 0.29) is 4.32 Å². The molecule has 0 spiro atoms. The molecule has 0 radical (unpaired) electrons. The summed E-state index contributed by atoms with van der Waals surface area (Å²) in [6.45, 7) is 1.42. The Labute approximate surface area is 158 Å². The van der Waals surface area contributed by atoms with Gasteiger partial charge in [-0.1, -0.05) is 47.7 Å². The Bertz CT molecular complexity index is 906. The highest BCUT2D eigenvalue weighted by molar-refractivity contribution is 8.26. The number of thioether (sulfide) groups is 1. The summed E-state index contributed by atoms with van der Waals surface area (Å²) in [7, 11) is 0. The van der Waals surface area contributed by atoms with Gasteiger partial charge >= 0.3 is 5.97 Å². The number of carbonyl (C=O) groups excluding carboxylic acids is 1. The van der Waals surface area contributed by atoms with Crippen molar-refractivity contribution >= 4 is 57.9 Å². The van der Waals surface area contributed by atoms with Gasteiger partial charge in [0.25, 0.3) is 5.91 Å². The van der Waals surface area contributed by atoms with E-state index in [4.69, 9.17) is 33.3 Å². The van der Waals surface area contributed by atoms with Crippen LogP contribution in [0.1, 0.15) is 12.7 Å². The third-order valence-corrected chi connectivity index (χ3v) is 5.27. The Kier molecular flexibility index (Phi) is 4.99. The first-order valence-electron chi connectivity index (χ1n) is 7.23. The monoisotopic (exact) mass is 393 g/mol. The summed E-state index contributed by atoms with van der Waals surface area (Å²) in [5.74, 6) is -0.526. The van der Waals surface area contributed by atoms with Crippen molar-refractivity contribution in [3.63, 3.8) is 0 Å². The lowest BCUT2D eigenvalue weighted by Crippen LogP contribution is -2.41. The first-order chi connectivity index (χ1) is 11.9. The molecule has 1 aromatic carbocycles.